The van der Waals surface area contributed by atoms with Crippen molar-refractivity contribution in [2.75, 3.05) is 0 Å². The molecule has 0 aliphatic heterocycles. The fourth-order valence-electron chi connectivity index (χ4n) is 1.38. The number of nitrogens with zero attached hydrogens (tertiary/aromatic N) is 1. The van der Waals surface area contributed by atoms with E-state index < -0.39 is 14.6 Å². The van der Waals surface area contributed by atoms with E-state index in [1.807, 2.05) is 18.4 Å². The molecule has 0 aromatic carbocycles. The lowest BCUT2D eigenvalue weighted by Crippen LogP contribution is -2.27. The third-order valence-corrected chi connectivity index (χ3v) is 7.39. The summed E-state index contributed by atoms with van der Waals surface area (Å²) in [6.45, 7) is 7.09. The van der Waals surface area contributed by atoms with Crippen LogP contribution >= 0.6 is 22.7 Å². The Kier molecular flexibility index (Phi) is 3.38. The van der Waals surface area contributed by atoms with Crippen LogP contribution in [0.5, 0.6) is 0 Å². The molecule has 0 bridgehead atoms. The van der Waals surface area contributed by atoms with Crippen molar-refractivity contribution in [3.05, 3.63) is 22.5 Å². The zero-order valence-electron chi connectivity index (χ0n) is 10.7. The highest BCUT2D eigenvalue weighted by Gasteiger charge is 2.32. The van der Waals surface area contributed by atoms with Gasteiger partial charge in [-0.05, 0) is 39.8 Å². The molecule has 3 nitrogen and oxygen atoms in total. The average molecular weight is 301 g/mol. The largest absolute Gasteiger partial charge is 0.241 e. The van der Waals surface area contributed by atoms with E-state index >= 15 is 0 Å². The van der Waals surface area contributed by atoms with Crippen LogP contribution < -0.4 is 0 Å². The van der Waals surface area contributed by atoms with Crippen molar-refractivity contribution < 1.29 is 8.42 Å². The molecule has 0 atom stereocenters. The van der Waals surface area contributed by atoms with E-state index in [9.17, 15) is 8.42 Å². The van der Waals surface area contributed by atoms with Crippen LogP contribution in [-0.4, -0.2) is 18.1 Å². The SMILES string of the molecule is Cc1nc(-c2ccc(S(=O)(=O)C(C)(C)C)s2)cs1. The number of thiazole rings is 1. The van der Waals surface area contributed by atoms with Gasteiger partial charge in [0.05, 0.1) is 20.3 Å². The maximum Gasteiger partial charge on any atom is 0.192 e. The topological polar surface area (TPSA) is 47.0 Å². The van der Waals surface area contributed by atoms with E-state index in [4.69, 9.17) is 0 Å². The third kappa shape index (κ3) is 2.37. The number of aromatic nitrogens is 1. The Bertz CT molecular complexity index is 660. The van der Waals surface area contributed by atoms with Crippen LogP contribution in [0.2, 0.25) is 0 Å². The number of hydrogen-bond donors (Lipinski definition) is 0. The van der Waals surface area contributed by atoms with Crippen molar-refractivity contribution in [1.82, 2.24) is 4.98 Å². The minimum atomic E-state index is -3.26. The number of sulfone groups is 1. The van der Waals surface area contributed by atoms with Gasteiger partial charge in [-0.2, -0.15) is 0 Å². The van der Waals surface area contributed by atoms with Crippen LogP contribution in [0.3, 0.4) is 0 Å². The Morgan fingerprint density at radius 2 is 1.89 bits per heavy atom. The Morgan fingerprint density at radius 3 is 2.39 bits per heavy atom. The second kappa shape index (κ2) is 4.43. The molecule has 2 rings (SSSR count). The minimum Gasteiger partial charge on any atom is -0.241 e. The minimum absolute atomic E-state index is 0.413. The van der Waals surface area contributed by atoms with Crippen LogP contribution in [0.1, 0.15) is 25.8 Å². The predicted molar refractivity (Wildman–Crippen MR) is 77.1 cm³/mol. The third-order valence-electron chi connectivity index (χ3n) is 2.52. The summed E-state index contributed by atoms with van der Waals surface area (Å²) in [7, 11) is -3.26. The van der Waals surface area contributed by atoms with Gasteiger partial charge in [-0.15, -0.1) is 22.7 Å². The summed E-state index contributed by atoms with van der Waals surface area (Å²) in [5, 5.41) is 2.94. The normalized spacial score (nSPS) is 12.9. The van der Waals surface area contributed by atoms with Crippen molar-refractivity contribution in [2.24, 2.45) is 0 Å². The maximum absolute atomic E-state index is 12.3. The molecule has 2 heterocycles. The second-order valence-corrected chi connectivity index (χ2v) is 10.1. The molecule has 6 heteroatoms. The molecule has 0 spiro atoms. The van der Waals surface area contributed by atoms with Crippen LogP contribution in [0.25, 0.3) is 10.6 Å². The summed E-state index contributed by atoms with van der Waals surface area (Å²) in [6.07, 6.45) is 0. The van der Waals surface area contributed by atoms with Gasteiger partial charge in [0.15, 0.2) is 9.84 Å². The second-order valence-electron chi connectivity index (χ2n) is 4.99. The Morgan fingerprint density at radius 1 is 1.22 bits per heavy atom. The van der Waals surface area contributed by atoms with Gasteiger partial charge in [-0.1, -0.05) is 0 Å². The molecule has 0 N–H and O–H groups in total. The monoisotopic (exact) mass is 301 g/mol. The fourth-order valence-corrected chi connectivity index (χ4v) is 5.08. The highest BCUT2D eigenvalue weighted by molar-refractivity contribution is 7.94. The van der Waals surface area contributed by atoms with Gasteiger partial charge in [0, 0.05) is 5.38 Å². The Hall–Kier alpha value is -0.720. The van der Waals surface area contributed by atoms with E-state index in [1.54, 1.807) is 38.2 Å². The molecule has 98 valence electrons. The van der Waals surface area contributed by atoms with Crippen molar-refractivity contribution in [3.63, 3.8) is 0 Å². The molecule has 18 heavy (non-hydrogen) atoms. The number of hydrogen-bond acceptors (Lipinski definition) is 5. The number of thiophene rings is 1. The van der Waals surface area contributed by atoms with Crippen LogP contribution in [0.4, 0.5) is 0 Å². The first kappa shape index (κ1) is 13.7. The van der Waals surface area contributed by atoms with Crippen LogP contribution in [0, 0.1) is 6.92 Å². The van der Waals surface area contributed by atoms with Crippen molar-refractivity contribution in [2.45, 2.75) is 36.7 Å². The summed E-state index contributed by atoms with van der Waals surface area (Å²) in [5.41, 5.74) is 0.859. The molecule has 0 saturated heterocycles. The van der Waals surface area contributed by atoms with E-state index in [2.05, 4.69) is 4.98 Å². The Balaban J connectivity index is 2.44. The molecule has 2 aromatic heterocycles. The van der Waals surface area contributed by atoms with Gasteiger partial charge < -0.3 is 0 Å². The molecule has 0 radical (unpaired) electrons. The molecular weight excluding hydrogens is 286 g/mol. The van der Waals surface area contributed by atoms with E-state index in [-0.39, 0.29) is 0 Å². The van der Waals surface area contributed by atoms with Gasteiger partial charge in [-0.25, -0.2) is 13.4 Å². The molecule has 0 unspecified atom stereocenters. The lowest BCUT2D eigenvalue weighted by Gasteiger charge is -2.17. The summed E-state index contributed by atoms with van der Waals surface area (Å²) in [6, 6.07) is 3.51. The molecule has 0 aliphatic carbocycles. The van der Waals surface area contributed by atoms with Gasteiger partial charge in [0.1, 0.15) is 4.21 Å². The van der Waals surface area contributed by atoms with Crippen LogP contribution in [-0.2, 0) is 9.84 Å². The smallest absolute Gasteiger partial charge is 0.192 e. The zero-order chi connectivity index (χ0) is 13.6. The van der Waals surface area contributed by atoms with E-state index in [0.717, 1.165) is 15.6 Å². The Labute approximate surface area is 115 Å². The van der Waals surface area contributed by atoms with Gasteiger partial charge >= 0.3 is 0 Å². The van der Waals surface area contributed by atoms with Crippen molar-refractivity contribution in [3.8, 4) is 10.6 Å². The quantitative estimate of drug-likeness (QED) is 0.848. The van der Waals surface area contributed by atoms with Gasteiger partial charge in [0.25, 0.3) is 0 Å². The average Bonchev–Trinajstić information content (AvgIpc) is 2.83. The van der Waals surface area contributed by atoms with Gasteiger partial charge in [0.2, 0.25) is 0 Å². The molecule has 0 aliphatic rings. The summed E-state index contributed by atoms with van der Waals surface area (Å²) in [4.78, 5) is 5.28. The maximum atomic E-state index is 12.3. The highest BCUT2D eigenvalue weighted by atomic mass is 32.2. The highest BCUT2D eigenvalue weighted by Crippen LogP contribution is 2.35. The van der Waals surface area contributed by atoms with E-state index in [1.165, 1.54) is 11.3 Å². The molecule has 0 saturated carbocycles. The number of aryl methyl sites for hydroxylation is 1. The van der Waals surface area contributed by atoms with Crippen LogP contribution in [0.15, 0.2) is 21.7 Å². The van der Waals surface area contributed by atoms with Crippen molar-refractivity contribution >= 4 is 32.5 Å². The summed E-state index contributed by atoms with van der Waals surface area (Å²) < 4.78 is 24.2. The standard InChI is InChI=1S/C12H15NO2S3/c1-8-13-9(7-16-8)10-5-6-11(17-10)18(14,15)12(2,3)4/h5-7H,1-4H3. The number of rotatable bonds is 2. The molecular formula is C12H15NO2S3. The molecule has 2 aromatic rings. The lowest BCUT2D eigenvalue weighted by atomic mass is 10.3. The van der Waals surface area contributed by atoms with E-state index in [0.29, 0.717) is 4.21 Å². The summed E-state index contributed by atoms with van der Waals surface area (Å²) >= 11 is 2.86. The lowest BCUT2D eigenvalue weighted by molar-refractivity contribution is 0.562. The summed E-state index contributed by atoms with van der Waals surface area (Å²) in [5.74, 6) is 0. The fraction of sp³-hybridized carbons (Fsp3) is 0.417. The first-order valence-corrected chi connectivity index (χ1v) is 8.67. The molecule has 0 amide bonds. The zero-order valence-corrected chi connectivity index (χ0v) is 13.2. The molecule has 0 fully saturated rings. The van der Waals surface area contributed by atoms with Crippen molar-refractivity contribution in [1.29, 1.82) is 0 Å². The first-order chi connectivity index (χ1) is 8.22. The predicted octanol–water partition coefficient (Wildman–Crippen LogP) is 3.75. The van der Waals surface area contributed by atoms with Gasteiger partial charge in [-0.3, -0.25) is 0 Å². The first-order valence-electron chi connectivity index (χ1n) is 5.49.